The van der Waals surface area contributed by atoms with Crippen LogP contribution in [-0.2, 0) is 22.2 Å². The Bertz CT molecular complexity index is 611. The van der Waals surface area contributed by atoms with Crippen molar-refractivity contribution in [2.24, 2.45) is 0 Å². The lowest BCUT2D eigenvalue weighted by Gasteiger charge is -2.06. The zero-order valence-electron chi connectivity index (χ0n) is 11.7. The van der Waals surface area contributed by atoms with E-state index < -0.39 is 11.0 Å². The first-order chi connectivity index (χ1) is 10.2. The predicted molar refractivity (Wildman–Crippen MR) is 82.3 cm³/mol. The molecule has 1 atom stereocenters. The van der Waals surface area contributed by atoms with Gasteiger partial charge in [-0.15, -0.1) is 0 Å². The topological polar surface area (TPSA) is 55.4 Å². The van der Waals surface area contributed by atoms with Gasteiger partial charge in [-0.05, 0) is 36.2 Å². The van der Waals surface area contributed by atoms with Crippen LogP contribution in [-0.4, -0.2) is 17.2 Å². The maximum Gasteiger partial charge on any atom is 0.232 e. The first kappa shape index (κ1) is 15.3. The van der Waals surface area contributed by atoms with Gasteiger partial charge in [0.25, 0.3) is 0 Å². The largest absolute Gasteiger partial charge is 0.497 e. The minimum atomic E-state index is -1.54. The molecule has 5 heteroatoms. The minimum Gasteiger partial charge on any atom is -0.497 e. The van der Waals surface area contributed by atoms with Crippen molar-refractivity contribution < 1.29 is 13.7 Å². The number of hydrogen-bond donors (Lipinski definition) is 1. The second-order valence-electron chi connectivity index (χ2n) is 4.46. The molecule has 1 amide bonds. The molecule has 0 heterocycles. The molecule has 0 saturated heterocycles. The van der Waals surface area contributed by atoms with E-state index in [9.17, 15) is 9.00 Å². The molecule has 0 saturated carbocycles. The van der Waals surface area contributed by atoms with E-state index in [4.69, 9.17) is 4.74 Å². The third kappa shape index (κ3) is 4.72. The average Bonchev–Trinajstić information content (AvgIpc) is 2.54. The number of carbonyl (C=O) groups is 1. The van der Waals surface area contributed by atoms with Crippen LogP contribution in [0.2, 0.25) is 0 Å². The lowest BCUT2D eigenvalue weighted by atomic mass is 10.1. The van der Waals surface area contributed by atoms with Gasteiger partial charge in [0.05, 0.1) is 12.0 Å². The number of hydrogen-bond acceptors (Lipinski definition) is 3. The van der Waals surface area contributed by atoms with E-state index in [0.717, 1.165) is 5.56 Å². The maximum atomic E-state index is 12.0. The molecule has 0 aromatic heterocycles. The standard InChI is InChI=1S/C16H17NO3S/c1-20-14-8-10-15(11-9-14)21(19)17-16(18)12-7-13-5-3-2-4-6-13/h2-6,8-11H,7,12H2,1H3,(H,17,18). The zero-order chi connectivity index (χ0) is 15.1. The molecule has 1 unspecified atom stereocenters. The van der Waals surface area contributed by atoms with Crippen LogP contribution in [0, 0.1) is 0 Å². The summed E-state index contributed by atoms with van der Waals surface area (Å²) in [5.74, 6) is 0.458. The monoisotopic (exact) mass is 303 g/mol. The van der Waals surface area contributed by atoms with Crippen LogP contribution in [0.4, 0.5) is 0 Å². The third-order valence-electron chi connectivity index (χ3n) is 2.96. The first-order valence-corrected chi connectivity index (χ1v) is 7.73. The average molecular weight is 303 g/mol. The quantitative estimate of drug-likeness (QED) is 0.892. The Hall–Kier alpha value is -2.14. The van der Waals surface area contributed by atoms with E-state index in [1.807, 2.05) is 30.3 Å². The van der Waals surface area contributed by atoms with Gasteiger partial charge < -0.3 is 4.74 Å². The number of methoxy groups -OCH3 is 1. The molecule has 0 radical (unpaired) electrons. The fourth-order valence-electron chi connectivity index (χ4n) is 1.82. The normalized spacial score (nSPS) is 11.7. The molecule has 0 bridgehead atoms. The summed E-state index contributed by atoms with van der Waals surface area (Å²) >= 11 is 0. The Kier molecular flexibility index (Phi) is 5.51. The van der Waals surface area contributed by atoms with E-state index >= 15 is 0 Å². The highest BCUT2D eigenvalue weighted by Crippen LogP contribution is 2.13. The summed E-state index contributed by atoms with van der Waals surface area (Å²) in [5, 5.41) is 0. The highest BCUT2D eigenvalue weighted by molar-refractivity contribution is 7.83. The second kappa shape index (κ2) is 7.59. The molecular formula is C16H17NO3S. The van der Waals surface area contributed by atoms with Crippen molar-refractivity contribution >= 4 is 16.9 Å². The van der Waals surface area contributed by atoms with Crippen molar-refractivity contribution in [1.29, 1.82) is 0 Å². The van der Waals surface area contributed by atoms with E-state index in [2.05, 4.69) is 4.72 Å². The Morgan fingerprint density at radius 2 is 1.76 bits per heavy atom. The SMILES string of the molecule is COc1ccc(S(=O)NC(=O)CCc2ccccc2)cc1. The zero-order valence-corrected chi connectivity index (χ0v) is 12.6. The van der Waals surface area contributed by atoms with Crippen molar-refractivity contribution in [3.8, 4) is 5.75 Å². The molecule has 0 spiro atoms. The van der Waals surface area contributed by atoms with Crippen molar-refractivity contribution in [2.75, 3.05) is 7.11 Å². The molecule has 0 aliphatic rings. The van der Waals surface area contributed by atoms with Gasteiger partial charge in [0.1, 0.15) is 5.75 Å². The fourth-order valence-corrected chi connectivity index (χ4v) is 2.63. The van der Waals surface area contributed by atoms with Crippen LogP contribution in [0.15, 0.2) is 59.5 Å². The fraction of sp³-hybridized carbons (Fsp3) is 0.188. The molecule has 0 aliphatic heterocycles. The van der Waals surface area contributed by atoms with Gasteiger partial charge >= 0.3 is 0 Å². The van der Waals surface area contributed by atoms with Gasteiger partial charge in [-0.2, -0.15) is 0 Å². The minimum absolute atomic E-state index is 0.229. The number of carbonyl (C=O) groups excluding carboxylic acids is 1. The number of aryl methyl sites for hydroxylation is 1. The van der Waals surface area contributed by atoms with Gasteiger partial charge in [0.2, 0.25) is 5.91 Å². The summed E-state index contributed by atoms with van der Waals surface area (Å²) in [4.78, 5) is 12.3. The van der Waals surface area contributed by atoms with Crippen LogP contribution in [0.25, 0.3) is 0 Å². The van der Waals surface area contributed by atoms with Crippen LogP contribution in [0.5, 0.6) is 5.75 Å². The molecule has 2 rings (SSSR count). The number of benzene rings is 2. The summed E-state index contributed by atoms with van der Waals surface area (Å²) < 4.78 is 19.5. The van der Waals surface area contributed by atoms with E-state index in [-0.39, 0.29) is 5.91 Å². The van der Waals surface area contributed by atoms with Crippen molar-refractivity contribution in [3.05, 3.63) is 60.2 Å². The predicted octanol–water partition coefficient (Wildman–Crippen LogP) is 2.47. The Labute approximate surface area is 126 Å². The molecular weight excluding hydrogens is 286 g/mol. The van der Waals surface area contributed by atoms with Crippen LogP contribution in [0.1, 0.15) is 12.0 Å². The van der Waals surface area contributed by atoms with Gasteiger partial charge in [-0.3, -0.25) is 9.52 Å². The molecule has 21 heavy (non-hydrogen) atoms. The summed E-state index contributed by atoms with van der Waals surface area (Å²) in [5.41, 5.74) is 1.09. The smallest absolute Gasteiger partial charge is 0.232 e. The number of ether oxygens (including phenoxy) is 1. The molecule has 0 aliphatic carbocycles. The van der Waals surface area contributed by atoms with Crippen LogP contribution >= 0.6 is 0 Å². The molecule has 4 nitrogen and oxygen atoms in total. The summed E-state index contributed by atoms with van der Waals surface area (Å²) in [6.45, 7) is 0. The first-order valence-electron chi connectivity index (χ1n) is 6.58. The molecule has 2 aromatic carbocycles. The molecule has 2 aromatic rings. The molecule has 1 N–H and O–H groups in total. The number of nitrogens with one attached hydrogen (secondary N) is 1. The van der Waals surface area contributed by atoms with Crippen LogP contribution in [0.3, 0.4) is 0 Å². The maximum absolute atomic E-state index is 12.0. The van der Waals surface area contributed by atoms with Gasteiger partial charge in [-0.1, -0.05) is 30.3 Å². The summed E-state index contributed by atoms with van der Waals surface area (Å²) in [6, 6.07) is 16.5. The summed E-state index contributed by atoms with van der Waals surface area (Å²) in [6.07, 6.45) is 0.943. The Morgan fingerprint density at radius 3 is 2.38 bits per heavy atom. The number of amides is 1. The van der Waals surface area contributed by atoms with E-state index in [0.29, 0.717) is 23.5 Å². The Morgan fingerprint density at radius 1 is 1.10 bits per heavy atom. The van der Waals surface area contributed by atoms with Crippen molar-refractivity contribution in [3.63, 3.8) is 0 Å². The highest BCUT2D eigenvalue weighted by Gasteiger charge is 2.09. The van der Waals surface area contributed by atoms with E-state index in [1.165, 1.54) is 0 Å². The van der Waals surface area contributed by atoms with Crippen molar-refractivity contribution in [1.82, 2.24) is 4.72 Å². The number of rotatable bonds is 6. The molecule has 110 valence electrons. The van der Waals surface area contributed by atoms with Gasteiger partial charge in [0, 0.05) is 6.42 Å². The van der Waals surface area contributed by atoms with Crippen molar-refractivity contribution in [2.45, 2.75) is 17.7 Å². The van der Waals surface area contributed by atoms with E-state index in [1.54, 1.807) is 31.4 Å². The second-order valence-corrected chi connectivity index (χ2v) is 5.67. The van der Waals surface area contributed by atoms with Gasteiger partial charge in [-0.25, -0.2) is 4.21 Å². The van der Waals surface area contributed by atoms with Crippen LogP contribution < -0.4 is 9.46 Å². The molecule has 0 fully saturated rings. The summed E-state index contributed by atoms with van der Waals surface area (Å²) in [7, 11) is 0.0301. The highest BCUT2D eigenvalue weighted by atomic mass is 32.2. The lowest BCUT2D eigenvalue weighted by Crippen LogP contribution is -2.25. The lowest BCUT2D eigenvalue weighted by molar-refractivity contribution is -0.119. The Balaban J connectivity index is 1.85. The van der Waals surface area contributed by atoms with Gasteiger partial charge in [0.15, 0.2) is 11.0 Å². The third-order valence-corrected chi connectivity index (χ3v) is 4.08.